The van der Waals surface area contributed by atoms with E-state index in [4.69, 9.17) is 4.74 Å². The van der Waals surface area contributed by atoms with Crippen LogP contribution in [-0.4, -0.2) is 72.5 Å². The average Bonchev–Trinajstić information content (AvgIpc) is 2.73. The summed E-state index contributed by atoms with van der Waals surface area (Å²) in [6, 6.07) is 6.24. The van der Waals surface area contributed by atoms with Crippen molar-refractivity contribution < 1.29 is 14.3 Å². The number of amides is 1. The zero-order valence-electron chi connectivity index (χ0n) is 16.1. The van der Waals surface area contributed by atoms with Crippen LogP contribution in [0.2, 0.25) is 0 Å². The maximum absolute atomic E-state index is 12.6. The molecule has 2 saturated heterocycles. The molecule has 1 aromatic rings. The summed E-state index contributed by atoms with van der Waals surface area (Å²) < 4.78 is 4.75. The van der Waals surface area contributed by atoms with Crippen molar-refractivity contribution in [3.05, 3.63) is 30.1 Å². The molecule has 1 amide bonds. The van der Waals surface area contributed by atoms with Crippen LogP contribution in [0.15, 0.2) is 24.4 Å². The number of nitrogens with zero attached hydrogens (tertiary/aromatic N) is 3. The molecule has 148 valence electrons. The number of rotatable bonds is 6. The van der Waals surface area contributed by atoms with E-state index in [9.17, 15) is 9.59 Å². The molecule has 7 heteroatoms. The maximum atomic E-state index is 12.6. The van der Waals surface area contributed by atoms with Gasteiger partial charge in [-0.15, -0.1) is 0 Å². The third-order valence-electron chi connectivity index (χ3n) is 5.65. The first-order chi connectivity index (χ1) is 13.2. The summed E-state index contributed by atoms with van der Waals surface area (Å²) in [6.07, 6.45) is 5.84. The molecule has 1 aromatic heterocycles. The Hall–Kier alpha value is -1.99. The smallest absolute Gasteiger partial charge is 0.319 e. The predicted octanol–water partition coefficient (Wildman–Crippen LogP) is 1.05. The number of hydrogen-bond acceptors (Lipinski definition) is 6. The molecule has 1 N–H and O–H groups in total. The van der Waals surface area contributed by atoms with Crippen molar-refractivity contribution in [2.24, 2.45) is 5.92 Å². The Kier molecular flexibility index (Phi) is 7.18. The summed E-state index contributed by atoms with van der Waals surface area (Å²) in [5.41, 5.74) is 0.886. The Morgan fingerprint density at radius 2 is 2.04 bits per heavy atom. The quantitative estimate of drug-likeness (QED) is 0.750. The van der Waals surface area contributed by atoms with Crippen LogP contribution < -0.4 is 5.32 Å². The molecule has 0 saturated carbocycles. The summed E-state index contributed by atoms with van der Waals surface area (Å²) >= 11 is 0. The van der Waals surface area contributed by atoms with E-state index in [0.29, 0.717) is 19.1 Å². The van der Waals surface area contributed by atoms with E-state index >= 15 is 0 Å². The normalized spacial score (nSPS) is 22.3. The molecule has 3 rings (SSSR count). The third kappa shape index (κ3) is 5.74. The molecule has 0 aromatic carbocycles. The van der Waals surface area contributed by atoms with Gasteiger partial charge in [-0.1, -0.05) is 6.07 Å². The number of carbonyl (C=O) groups excluding carboxylic acids is 2. The van der Waals surface area contributed by atoms with Gasteiger partial charge in [0.25, 0.3) is 0 Å². The van der Waals surface area contributed by atoms with Gasteiger partial charge in [0.15, 0.2) is 0 Å². The average molecular weight is 374 g/mol. The molecular weight excluding hydrogens is 344 g/mol. The highest BCUT2D eigenvalue weighted by Gasteiger charge is 2.31. The van der Waals surface area contributed by atoms with Crippen LogP contribution in [0.1, 0.15) is 31.4 Å². The first-order valence-corrected chi connectivity index (χ1v) is 9.86. The SMILES string of the molecule is COC(=O)CN1CCC(N2CCC[C@H](C(=O)NCc3ccccn3)C2)CC1. The Morgan fingerprint density at radius 3 is 2.74 bits per heavy atom. The molecule has 2 aliphatic rings. The molecular formula is C20H30N4O3. The maximum Gasteiger partial charge on any atom is 0.319 e. The highest BCUT2D eigenvalue weighted by atomic mass is 16.5. The van der Waals surface area contributed by atoms with Gasteiger partial charge in [0.1, 0.15) is 0 Å². The van der Waals surface area contributed by atoms with Crippen molar-refractivity contribution in [2.45, 2.75) is 38.3 Å². The summed E-state index contributed by atoms with van der Waals surface area (Å²) in [7, 11) is 1.43. The number of esters is 1. The number of carbonyl (C=O) groups is 2. The van der Waals surface area contributed by atoms with Crippen molar-refractivity contribution in [3.63, 3.8) is 0 Å². The van der Waals surface area contributed by atoms with Gasteiger partial charge in [0.2, 0.25) is 5.91 Å². The topological polar surface area (TPSA) is 74.8 Å². The summed E-state index contributed by atoms with van der Waals surface area (Å²) in [6.45, 7) is 4.57. The second-order valence-electron chi connectivity index (χ2n) is 7.46. The minimum absolute atomic E-state index is 0.0514. The fourth-order valence-corrected chi connectivity index (χ4v) is 4.07. The minimum Gasteiger partial charge on any atom is -0.468 e. The lowest BCUT2D eigenvalue weighted by atomic mass is 9.93. The lowest BCUT2D eigenvalue weighted by molar-refractivity contribution is -0.142. The van der Waals surface area contributed by atoms with Crippen molar-refractivity contribution in [1.29, 1.82) is 0 Å². The monoisotopic (exact) mass is 374 g/mol. The number of pyridine rings is 1. The van der Waals surface area contributed by atoms with Crippen LogP contribution in [0.5, 0.6) is 0 Å². The summed E-state index contributed by atoms with van der Waals surface area (Å²) in [4.78, 5) is 32.9. The zero-order valence-corrected chi connectivity index (χ0v) is 16.1. The molecule has 3 heterocycles. The molecule has 2 fully saturated rings. The lowest BCUT2D eigenvalue weighted by Crippen LogP contribution is -2.51. The Bertz CT molecular complexity index is 617. The van der Waals surface area contributed by atoms with Gasteiger partial charge >= 0.3 is 5.97 Å². The van der Waals surface area contributed by atoms with Gasteiger partial charge < -0.3 is 10.1 Å². The number of ether oxygens (including phenoxy) is 1. The van der Waals surface area contributed by atoms with Crippen molar-refractivity contribution >= 4 is 11.9 Å². The van der Waals surface area contributed by atoms with Crippen LogP contribution in [0.4, 0.5) is 0 Å². The lowest BCUT2D eigenvalue weighted by Gasteiger charge is -2.41. The minimum atomic E-state index is -0.170. The van der Waals surface area contributed by atoms with Gasteiger partial charge in [-0.25, -0.2) is 0 Å². The number of methoxy groups -OCH3 is 1. The Balaban J connectivity index is 1.44. The number of likely N-dealkylation sites (tertiary alicyclic amines) is 2. The van der Waals surface area contributed by atoms with Crippen molar-refractivity contribution in [1.82, 2.24) is 20.1 Å². The van der Waals surface area contributed by atoms with E-state index in [2.05, 4.69) is 20.1 Å². The molecule has 0 radical (unpaired) electrons. The second-order valence-corrected chi connectivity index (χ2v) is 7.46. The standard InChI is InChI=1S/C20H30N4O3/c1-27-19(25)15-23-11-7-18(8-12-23)24-10-4-5-16(14-24)20(26)22-13-17-6-2-3-9-21-17/h2-3,6,9,16,18H,4-5,7-8,10-15H2,1H3,(H,22,26)/t16-/m0/s1. The molecule has 0 bridgehead atoms. The molecule has 0 unspecified atom stereocenters. The van der Waals surface area contributed by atoms with E-state index in [-0.39, 0.29) is 17.8 Å². The summed E-state index contributed by atoms with van der Waals surface area (Å²) in [5, 5.41) is 3.04. The Morgan fingerprint density at radius 1 is 1.22 bits per heavy atom. The highest BCUT2D eigenvalue weighted by Crippen LogP contribution is 2.24. The van der Waals surface area contributed by atoms with Gasteiger partial charge in [-0.05, 0) is 44.4 Å². The Labute approximate surface area is 161 Å². The third-order valence-corrected chi connectivity index (χ3v) is 5.65. The predicted molar refractivity (Wildman–Crippen MR) is 102 cm³/mol. The molecule has 27 heavy (non-hydrogen) atoms. The number of hydrogen-bond donors (Lipinski definition) is 1. The largest absolute Gasteiger partial charge is 0.468 e. The van der Waals surface area contributed by atoms with Crippen LogP contribution in [0, 0.1) is 5.92 Å². The van der Waals surface area contributed by atoms with E-state index in [1.165, 1.54) is 7.11 Å². The van der Waals surface area contributed by atoms with Gasteiger partial charge in [-0.2, -0.15) is 0 Å². The van der Waals surface area contributed by atoms with Crippen LogP contribution >= 0.6 is 0 Å². The van der Waals surface area contributed by atoms with E-state index < -0.39 is 0 Å². The molecule has 2 aliphatic heterocycles. The highest BCUT2D eigenvalue weighted by molar-refractivity contribution is 5.78. The summed E-state index contributed by atoms with van der Waals surface area (Å²) in [5.74, 6) is 0.0140. The van der Waals surface area contributed by atoms with E-state index in [0.717, 1.165) is 57.6 Å². The zero-order chi connectivity index (χ0) is 19.1. The van der Waals surface area contributed by atoms with Crippen LogP contribution in [-0.2, 0) is 20.9 Å². The van der Waals surface area contributed by atoms with Crippen LogP contribution in [0.25, 0.3) is 0 Å². The first-order valence-electron chi connectivity index (χ1n) is 9.86. The number of piperidine rings is 2. The van der Waals surface area contributed by atoms with Crippen LogP contribution in [0.3, 0.4) is 0 Å². The van der Waals surface area contributed by atoms with E-state index in [1.54, 1.807) is 6.20 Å². The number of nitrogens with one attached hydrogen (secondary N) is 1. The van der Waals surface area contributed by atoms with Gasteiger partial charge in [0.05, 0.1) is 31.8 Å². The molecule has 1 atom stereocenters. The molecule has 7 nitrogen and oxygen atoms in total. The molecule has 0 aliphatic carbocycles. The fourth-order valence-electron chi connectivity index (χ4n) is 4.07. The van der Waals surface area contributed by atoms with Crippen molar-refractivity contribution in [2.75, 3.05) is 39.8 Å². The van der Waals surface area contributed by atoms with Crippen molar-refractivity contribution in [3.8, 4) is 0 Å². The van der Waals surface area contributed by atoms with Gasteiger partial charge in [0, 0.05) is 31.9 Å². The second kappa shape index (κ2) is 9.80. The van der Waals surface area contributed by atoms with Gasteiger partial charge in [-0.3, -0.25) is 24.4 Å². The molecule has 0 spiro atoms. The number of aromatic nitrogens is 1. The first kappa shape index (κ1) is 19.8. The van der Waals surface area contributed by atoms with E-state index in [1.807, 2.05) is 18.2 Å². The fraction of sp³-hybridized carbons (Fsp3) is 0.650.